The summed E-state index contributed by atoms with van der Waals surface area (Å²) in [5.74, 6) is 0.730. The topological polar surface area (TPSA) is 54.0 Å². The van der Waals surface area contributed by atoms with Gasteiger partial charge in [0.1, 0.15) is 6.04 Å². The van der Waals surface area contributed by atoms with Crippen LogP contribution < -0.4 is 5.32 Å². The van der Waals surface area contributed by atoms with Crippen LogP contribution in [-0.4, -0.2) is 86.9 Å². The summed E-state index contributed by atoms with van der Waals surface area (Å²) in [5, 5.41) is 3.26. The second kappa shape index (κ2) is 9.25. The Bertz CT molecular complexity index is 350. The number of carbonyl (C=O) groups is 1. The van der Waals surface area contributed by atoms with Crippen molar-refractivity contribution in [3.63, 3.8) is 0 Å². The largest absolute Gasteiger partial charge is 0.379 e. The van der Waals surface area contributed by atoms with E-state index >= 15 is 0 Å². The van der Waals surface area contributed by atoms with Gasteiger partial charge in [-0.3, -0.25) is 9.69 Å². The standard InChI is InChI=1S/C14H25N3O3.2ClH/c1-11-8-17(14(18)12-10-20-5-2-15-12)9-13(11)16-3-6-19-7-4-16;;/h11-13,15H,2-10H2,1H3;2*1H. The lowest BCUT2D eigenvalue weighted by Gasteiger charge is -2.34. The fourth-order valence-electron chi connectivity index (χ4n) is 3.46. The minimum absolute atomic E-state index is 0. The quantitative estimate of drug-likeness (QED) is 0.755. The molecule has 0 saturated carbocycles. The van der Waals surface area contributed by atoms with E-state index in [0.29, 0.717) is 25.2 Å². The van der Waals surface area contributed by atoms with E-state index in [4.69, 9.17) is 9.47 Å². The number of morpholine rings is 2. The molecule has 1 N–H and O–H groups in total. The van der Waals surface area contributed by atoms with E-state index in [-0.39, 0.29) is 36.8 Å². The van der Waals surface area contributed by atoms with Crippen molar-refractivity contribution in [2.45, 2.75) is 19.0 Å². The highest BCUT2D eigenvalue weighted by Crippen LogP contribution is 2.23. The average molecular weight is 356 g/mol. The molecule has 3 heterocycles. The van der Waals surface area contributed by atoms with Gasteiger partial charge in [-0.05, 0) is 5.92 Å². The molecule has 130 valence electrons. The van der Waals surface area contributed by atoms with E-state index in [2.05, 4.69) is 17.1 Å². The fraction of sp³-hybridized carbons (Fsp3) is 0.929. The Morgan fingerprint density at radius 3 is 2.45 bits per heavy atom. The van der Waals surface area contributed by atoms with Crippen molar-refractivity contribution in [2.75, 3.05) is 59.2 Å². The lowest BCUT2D eigenvalue weighted by atomic mass is 10.0. The number of rotatable bonds is 2. The van der Waals surface area contributed by atoms with E-state index in [1.807, 2.05) is 4.90 Å². The van der Waals surface area contributed by atoms with Crippen molar-refractivity contribution in [3.05, 3.63) is 0 Å². The molecule has 0 radical (unpaired) electrons. The highest BCUT2D eigenvalue weighted by molar-refractivity contribution is 5.85. The van der Waals surface area contributed by atoms with Gasteiger partial charge in [0.15, 0.2) is 0 Å². The van der Waals surface area contributed by atoms with Gasteiger partial charge in [0, 0.05) is 38.8 Å². The third kappa shape index (κ3) is 4.46. The number of likely N-dealkylation sites (tertiary alicyclic amines) is 1. The first-order chi connectivity index (χ1) is 9.75. The van der Waals surface area contributed by atoms with Crippen molar-refractivity contribution in [3.8, 4) is 0 Å². The molecule has 3 fully saturated rings. The van der Waals surface area contributed by atoms with Crippen LogP contribution >= 0.6 is 24.8 Å². The maximum atomic E-state index is 12.5. The van der Waals surface area contributed by atoms with Gasteiger partial charge in [-0.2, -0.15) is 0 Å². The molecule has 1 amide bonds. The smallest absolute Gasteiger partial charge is 0.242 e. The van der Waals surface area contributed by atoms with Gasteiger partial charge in [-0.15, -0.1) is 24.8 Å². The van der Waals surface area contributed by atoms with Gasteiger partial charge >= 0.3 is 0 Å². The summed E-state index contributed by atoms with van der Waals surface area (Å²) in [4.78, 5) is 17.0. The summed E-state index contributed by atoms with van der Waals surface area (Å²) < 4.78 is 10.8. The molecule has 0 aromatic heterocycles. The molecule has 3 aliphatic heterocycles. The first kappa shape index (κ1) is 19.9. The lowest BCUT2D eigenvalue weighted by Crippen LogP contribution is -2.53. The summed E-state index contributed by atoms with van der Waals surface area (Å²) in [6.45, 7) is 9.54. The summed E-state index contributed by atoms with van der Waals surface area (Å²) in [7, 11) is 0. The van der Waals surface area contributed by atoms with Gasteiger partial charge in [0.2, 0.25) is 5.91 Å². The maximum Gasteiger partial charge on any atom is 0.242 e. The molecule has 3 saturated heterocycles. The molecule has 0 aromatic carbocycles. The minimum atomic E-state index is -0.153. The van der Waals surface area contributed by atoms with Gasteiger partial charge in [-0.1, -0.05) is 6.92 Å². The van der Waals surface area contributed by atoms with Crippen LogP contribution in [-0.2, 0) is 14.3 Å². The molecule has 8 heteroatoms. The number of amides is 1. The monoisotopic (exact) mass is 355 g/mol. The van der Waals surface area contributed by atoms with Crippen LogP contribution in [0.25, 0.3) is 0 Å². The molecule has 0 aromatic rings. The molecule has 0 aliphatic carbocycles. The second-order valence-electron chi connectivity index (χ2n) is 6.02. The molecule has 0 spiro atoms. The Hall–Kier alpha value is -0.110. The van der Waals surface area contributed by atoms with Crippen molar-refractivity contribution in [1.29, 1.82) is 0 Å². The van der Waals surface area contributed by atoms with E-state index < -0.39 is 0 Å². The highest BCUT2D eigenvalue weighted by atomic mass is 35.5. The molecule has 22 heavy (non-hydrogen) atoms. The number of nitrogens with one attached hydrogen (secondary N) is 1. The molecule has 6 nitrogen and oxygen atoms in total. The summed E-state index contributed by atoms with van der Waals surface area (Å²) in [6, 6.07) is 0.326. The molecule has 0 bridgehead atoms. The van der Waals surface area contributed by atoms with E-state index in [1.54, 1.807) is 0 Å². The maximum absolute atomic E-state index is 12.5. The van der Waals surface area contributed by atoms with Crippen molar-refractivity contribution in [2.24, 2.45) is 5.92 Å². The van der Waals surface area contributed by atoms with Crippen LogP contribution in [0.1, 0.15) is 6.92 Å². The average Bonchev–Trinajstić information content (AvgIpc) is 2.90. The van der Waals surface area contributed by atoms with E-state index in [0.717, 1.165) is 45.9 Å². The summed E-state index contributed by atoms with van der Waals surface area (Å²) in [6.07, 6.45) is 0. The van der Waals surface area contributed by atoms with Crippen LogP contribution in [0.2, 0.25) is 0 Å². The van der Waals surface area contributed by atoms with Crippen molar-refractivity contribution in [1.82, 2.24) is 15.1 Å². The van der Waals surface area contributed by atoms with Gasteiger partial charge in [0.05, 0.1) is 26.4 Å². The minimum Gasteiger partial charge on any atom is -0.379 e. The Balaban J connectivity index is 0.00000121. The third-order valence-corrected chi connectivity index (χ3v) is 4.62. The van der Waals surface area contributed by atoms with E-state index in [9.17, 15) is 4.79 Å². The SMILES string of the molecule is CC1CN(C(=O)C2COCCN2)CC1N1CCOCC1.Cl.Cl. The molecular weight excluding hydrogens is 329 g/mol. The van der Waals surface area contributed by atoms with Crippen molar-refractivity contribution < 1.29 is 14.3 Å². The Morgan fingerprint density at radius 2 is 1.82 bits per heavy atom. The first-order valence-electron chi connectivity index (χ1n) is 7.67. The van der Waals surface area contributed by atoms with Crippen molar-refractivity contribution >= 4 is 30.7 Å². The van der Waals surface area contributed by atoms with Gasteiger partial charge < -0.3 is 19.7 Å². The summed E-state index contributed by atoms with van der Waals surface area (Å²) >= 11 is 0. The zero-order valence-corrected chi connectivity index (χ0v) is 14.7. The number of hydrogen-bond donors (Lipinski definition) is 1. The molecule has 3 aliphatic rings. The second-order valence-corrected chi connectivity index (χ2v) is 6.02. The number of halogens is 2. The number of ether oxygens (including phenoxy) is 2. The molecule has 3 rings (SSSR count). The Kier molecular flexibility index (Phi) is 8.38. The predicted octanol–water partition coefficient (Wildman–Crippen LogP) is -0.00250. The van der Waals surface area contributed by atoms with Gasteiger partial charge in [-0.25, -0.2) is 0 Å². The zero-order valence-electron chi connectivity index (χ0n) is 13.0. The van der Waals surface area contributed by atoms with Crippen LogP contribution in [0.5, 0.6) is 0 Å². The Morgan fingerprint density at radius 1 is 1.09 bits per heavy atom. The van der Waals surface area contributed by atoms with Crippen LogP contribution in [0, 0.1) is 5.92 Å². The van der Waals surface area contributed by atoms with Crippen LogP contribution in [0.15, 0.2) is 0 Å². The number of nitrogens with zero attached hydrogens (tertiary/aromatic N) is 2. The van der Waals surface area contributed by atoms with Crippen LogP contribution in [0.3, 0.4) is 0 Å². The number of hydrogen-bond acceptors (Lipinski definition) is 5. The van der Waals surface area contributed by atoms with E-state index in [1.165, 1.54) is 0 Å². The zero-order chi connectivity index (χ0) is 13.9. The third-order valence-electron chi connectivity index (χ3n) is 4.62. The molecular formula is C14H27Cl2N3O3. The molecule has 3 unspecified atom stereocenters. The Labute approximate surface area is 144 Å². The number of carbonyl (C=O) groups excluding carboxylic acids is 1. The fourth-order valence-corrected chi connectivity index (χ4v) is 3.46. The van der Waals surface area contributed by atoms with Gasteiger partial charge in [0.25, 0.3) is 0 Å². The highest BCUT2D eigenvalue weighted by Gasteiger charge is 2.38. The lowest BCUT2D eigenvalue weighted by molar-refractivity contribution is -0.135. The summed E-state index contributed by atoms with van der Waals surface area (Å²) in [5.41, 5.74) is 0. The normalized spacial score (nSPS) is 33.0. The predicted molar refractivity (Wildman–Crippen MR) is 89.0 cm³/mol. The first-order valence-corrected chi connectivity index (χ1v) is 7.67. The van der Waals surface area contributed by atoms with Crippen LogP contribution in [0.4, 0.5) is 0 Å². The molecule has 3 atom stereocenters.